The lowest BCUT2D eigenvalue weighted by Crippen LogP contribution is -1.98. The number of nitrogens with zero attached hydrogens (tertiary/aromatic N) is 1. The summed E-state index contributed by atoms with van der Waals surface area (Å²) in [6.07, 6.45) is 1.53. The van der Waals surface area contributed by atoms with E-state index in [2.05, 4.69) is 10.3 Å². The maximum Gasteiger partial charge on any atom is 0.335 e. The van der Waals surface area contributed by atoms with Gasteiger partial charge in [0.2, 0.25) is 0 Å². The molecule has 2 N–H and O–H groups in total. The van der Waals surface area contributed by atoms with Crippen molar-refractivity contribution in [2.45, 2.75) is 0 Å². The van der Waals surface area contributed by atoms with Crippen LogP contribution in [0.1, 0.15) is 10.4 Å². The largest absolute Gasteiger partial charge is 0.478 e. The van der Waals surface area contributed by atoms with Gasteiger partial charge in [-0.1, -0.05) is 12.1 Å². The van der Waals surface area contributed by atoms with Gasteiger partial charge in [0.25, 0.3) is 0 Å². The van der Waals surface area contributed by atoms with E-state index in [4.69, 9.17) is 5.11 Å². The lowest BCUT2D eigenvalue weighted by Gasteiger charge is -2.09. The Morgan fingerprint density at radius 3 is 2.52 bits per heavy atom. The van der Waals surface area contributed by atoms with Gasteiger partial charge in [-0.2, -0.15) is 0 Å². The summed E-state index contributed by atoms with van der Waals surface area (Å²) in [5, 5.41) is 13.1. The van der Waals surface area contributed by atoms with E-state index < -0.39 is 5.97 Å². The van der Waals surface area contributed by atoms with E-state index in [1.54, 1.807) is 30.3 Å². The fourth-order valence-corrected chi connectivity index (χ4v) is 2.10. The highest BCUT2D eigenvalue weighted by Crippen LogP contribution is 2.26. The first-order valence-electron chi connectivity index (χ1n) is 6.29. The van der Waals surface area contributed by atoms with E-state index in [-0.39, 0.29) is 11.4 Å². The van der Waals surface area contributed by atoms with Gasteiger partial charge < -0.3 is 10.4 Å². The minimum atomic E-state index is -0.980. The van der Waals surface area contributed by atoms with Gasteiger partial charge in [-0.3, -0.25) is 0 Å². The van der Waals surface area contributed by atoms with Gasteiger partial charge in [0.1, 0.15) is 11.6 Å². The summed E-state index contributed by atoms with van der Waals surface area (Å²) >= 11 is 0. The highest BCUT2D eigenvalue weighted by molar-refractivity contribution is 5.94. The van der Waals surface area contributed by atoms with Crippen LogP contribution in [0.25, 0.3) is 10.8 Å². The summed E-state index contributed by atoms with van der Waals surface area (Å²) in [5.74, 6) is -0.763. The number of benzene rings is 2. The second-order valence-electron chi connectivity index (χ2n) is 4.50. The molecule has 3 aromatic rings. The molecule has 2 aromatic carbocycles. The van der Waals surface area contributed by atoms with Crippen molar-refractivity contribution in [3.63, 3.8) is 0 Å². The Hall–Kier alpha value is -2.95. The van der Waals surface area contributed by atoms with Gasteiger partial charge in [0.15, 0.2) is 0 Å². The van der Waals surface area contributed by atoms with Crippen molar-refractivity contribution < 1.29 is 14.3 Å². The third-order valence-corrected chi connectivity index (χ3v) is 3.15. The summed E-state index contributed by atoms with van der Waals surface area (Å²) in [6, 6.07) is 12.7. The smallest absolute Gasteiger partial charge is 0.335 e. The highest BCUT2D eigenvalue weighted by atomic mass is 19.1. The molecule has 0 fully saturated rings. The van der Waals surface area contributed by atoms with Crippen molar-refractivity contribution in [1.82, 2.24) is 4.98 Å². The lowest BCUT2D eigenvalue weighted by atomic mass is 10.1. The first kappa shape index (κ1) is 13.1. The van der Waals surface area contributed by atoms with Crippen LogP contribution in [-0.2, 0) is 0 Å². The monoisotopic (exact) mass is 282 g/mol. The van der Waals surface area contributed by atoms with Gasteiger partial charge in [-0.25, -0.2) is 14.2 Å². The summed E-state index contributed by atoms with van der Waals surface area (Å²) in [5.41, 5.74) is 0.890. The molecule has 0 atom stereocenters. The Labute approximate surface area is 119 Å². The number of halogens is 1. The van der Waals surface area contributed by atoms with Crippen LogP contribution < -0.4 is 5.32 Å². The number of nitrogens with one attached hydrogen (secondary N) is 1. The average Bonchev–Trinajstić information content (AvgIpc) is 2.49. The van der Waals surface area contributed by atoms with E-state index in [9.17, 15) is 9.18 Å². The molecule has 4 nitrogen and oxygen atoms in total. The fourth-order valence-electron chi connectivity index (χ4n) is 2.10. The lowest BCUT2D eigenvalue weighted by molar-refractivity contribution is 0.0697. The maximum atomic E-state index is 13.7. The zero-order chi connectivity index (χ0) is 14.8. The van der Waals surface area contributed by atoms with Crippen molar-refractivity contribution in [3.05, 3.63) is 66.1 Å². The molecule has 5 heteroatoms. The summed E-state index contributed by atoms with van der Waals surface area (Å²) in [7, 11) is 0. The molecule has 1 aromatic heterocycles. The molecule has 0 amide bonds. The first-order chi connectivity index (χ1) is 10.1. The van der Waals surface area contributed by atoms with Gasteiger partial charge in [0, 0.05) is 22.7 Å². The Morgan fingerprint density at radius 2 is 1.81 bits per heavy atom. The number of rotatable bonds is 3. The molecule has 104 valence electrons. The number of pyridine rings is 1. The third kappa shape index (κ3) is 2.53. The van der Waals surface area contributed by atoms with E-state index in [1.165, 1.54) is 24.4 Å². The van der Waals surface area contributed by atoms with E-state index in [1.807, 2.05) is 0 Å². The number of carboxylic acid groups (broad SMARTS) is 1. The van der Waals surface area contributed by atoms with Gasteiger partial charge in [-0.05, 0) is 36.4 Å². The molecule has 0 saturated carbocycles. The molecule has 0 bridgehead atoms. The molecule has 0 aliphatic rings. The fraction of sp³-hybridized carbons (Fsp3) is 0. The van der Waals surface area contributed by atoms with Crippen LogP contribution in [0.15, 0.2) is 54.7 Å². The van der Waals surface area contributed by atoms with Crippen molar-refractivity contribution in [1.29, 1.82) is 0 Å². The number of anilines is 2. The predicted molar refractivity (Wildman–Crippen MR) is 78.4 cm³/mol. The molecule has 0 unspecified atom stereocenters. The van der Waals surface area contributed by atoms with Crippen molar-refractivity contribution in [2.24, 2.45) is 0 Å². The Balaban J connectivity index is 1.98. The minimum absolute atomic E-state index is 0.206. The average molecular weight is 282 g/mol. The standard InChI is InChI=1S/C16H11FN2O2/c17-14-3-1-2-13-12(14)8-9-18-15(13)19-11-6-4-10(5-7-11)16(20)21/h1-9H,(H,18,19)(H,20,21). The topological polar surface area (TPSA) is 62.2 Å². The van der Waals surface area contributed by atoms with Gasteiger partial charge in [-0.15, -0.1) is 0 Å². The van der Waals surface area contributed by atoms with Crippen LogP contribution in [-0.4, -0.2) is 16.1 Å². The predicted octanol–water partition coefficient (Wildman–Crippen LogP) is 3.82. The van der Waals surface area contributed by atoms with Crippen LogP contribution in [0.5, 0.6) is 0 Å². The Morgan fingerprint density at radius 1 is 1.05 bits per heavy atom. The second-order valence-corrected chi connectivity index (χ2v) is 4.50. The van der Waals surface area contributed by atoms with Crippen LogP contribution in [0, 0.1) is 5.82 Å². The number of aromatic nitrogens is 1. The van der Waals surface area contributed by atoms with E-state index >= 15 is 0 Å². The number of aromatic carboxylic acids is 1. The number of carboxylic acids is 1. The molecule has 0 radical (unpaired) electrons. The van der Waals surface area contributed by atoms with Crippen LogP contribution >= 0.6 is 0 Å². The van der Waals surface area contributed by atoms with Crippen LogP contribution in [0.3, 0.4) is 0 Å². The molecule has 0 spiro atoms. The highest BCUT2D eigenvalue weighted by Gasteiger charge is 2.07. The molecule has 0 saturated heterocycles. The molecule has 3 rings (SSSR count). The van der Waals surface area contributed by atoms with Gasteiger partial charge in [0.05, 0.1) is 5.56 Å². The van der Waals surface area contributed by atoms with E-state index in [0.29, 0.717) is 22.3 Å². The molecule has 21 heavy (non-hydrogen) atoms. The van der Waals surface area contributed by atoms with E-state index in [0.717, 1.165) is 0 Å². The second kappa shape index (κ2) is 5.20. The number of fused-ring (bicyclic) bond motifs is 1. The quantitative estimate of drug-likeness (QED) is 0.766. The van der Waals surface area contributed by atoms with Gasteiger partial charge >= 0.3 is 5.97 Å². The number of carbonyl (C=O) groups is 1. The van der Waals surface area contributed by atoms with Crippen molar-refractivity contribution in [3.8, 4) is 0 Å². The normalized spacial score (nSPS) is 10.5. The SMILES string of the molecule is O=C(O)c1ccc(Nc2nccc3c(F)cccc23)cc1. The zero-order valence-corrected chi connectivity index (χ0v) is 10.9. The first-order valence-corrected chi connectivity index (χ1v) is 6.29. The molecular formula is C16H11FN2O2. The molecular weight excluding hydrogens is 271 g/mol. The molecule has 0 aliphatic carbocycles. The molecule has 1 heterocycles. The Kier molecular flexibility index (Phi) is 3.23. The zero-order valence-electron chi connectivity index (χ0n) is 10.9. The summed E-state index contributed by atoms with van der Waals surface area (Å²) in [4.78, 5) is 15.0. The molecule has 0 aliphatic heterocycles. The number of hydrogen-bond acceptors (Lipinski definition) is 3. The third-order valence-electron chi connectivity index (χ3n) is 3.15. The van der Waals surface area contributed by atoms with Crippen molar-refractivity contribution in [2.75, 3.05) is 5.32 Å². The Bertz CT molecular complexity index is 816. The number of hydrogen-bond donors (Lipinski definition) is 2. The minimum Gasteiger partial charge on any atom is -0.478 e. The van der Waals surface area contributed by atoms with Crippen LogP contribution in [0.4, 0.5) is 15.9 Å². The maximum absolute atomic E-state index is 13.7. The summed E-state index contributed by atoms with van der Waals surface area (Å²) in [6.45, 7) is 0. The van der Waals surface area contributed by atoms with Crippen molar-refractivity contribution >= 4 is 28.2 Å². The summed E-state index contributed by atoms with van der Waals surface area (Å²) < 4.78 is 13.7. The van der Waals surface area contributed by atoms with Crippen LogP contribution in [0.2, 0.25) is 0 Å².